The van der Waals surface area contributed by atoms with Gasteiger partial charge in [-0.1, -0.05) is 32.0 Å². The second kappa shape index (κ2) is 7.52. The second-order valence-electron chi connectivity index (χ2n) is 9.25. The van der Waals surface area contributed by atoms with Crippen LogP contribution in [0.1, 0.15) is 56.5 Å². The van der Waals surface area contributed by atoms with Gasteiger partial charge in [-0.2, -0.15) is 5.10 Å². The number of nitrogens with one attached hydrogen (secondary N) is 1. The molecule has 1 aromatic heterocycles. The lowest BCUT2D eigenvalue weighted by molar-refractivity contribution is -0.136. The number of ether oxygens (including phenoxy) is 1. The molecule has 1 N–H and O–H groups in total. The molecule has 2 aromatic rings. The number of esters is 1. The molecule has 162 valence electrons. The molecule has 2 heterocycles. The normalized spacial score (nSPS) is 20.5. The number of Topliss-reactive ketones (excluding diaryl/α,β-unsaturated/α-hetero) is 1. The summed E-state index contributed by atoms with van der Waals surface area (Å²) in [6.45, 7) is 10.0. The Morgan fingerprint density at radius 3 is 2.48 bits per heavy atom. The maximum Gasteiger partial charge on any atom is 0.336 e. The number of aryl methyl sites for hydroxylation is 1. The summed E-state index contributed by atoms with van der Waals surface area (Å²) < 4.78 is 7.02. The van der Waals surface area contributed by atoms with E-state index in [1.54, 1.807) is 0 Å². The highest BCUT2D eigenvalue weighted by atomic mass is 16.5. The number of allylic oxidation sites excluding steroid dienone is 3. The number of carbonyl (C=O) groups is 2. The predicted molar refractivity (Wildman–Crippen MR) is 119 cm³/mol. The summed E-state index contributed by atoms with van der Waals surface area (Å²) in [5.74, 6) is -0.848. The average Bonchev–Trinajstić information content (AvgIpc) is 3.00. The molecule has 4 rings (SSSR count). The van der Waals surface area contributed by atoms with Crippen LogP contribution in [0.15, 0.2) is 52.9 Å². The van der Waals surface area contributed by atoms with E-state index in [0.717, 1.165) is 40.5 Å². The fraction of sp³-hybridized carbons (Fsp3) is 0.400. The van der Waals surface area contributed by atoms with Crippen LogP contribution in [0.4, 0.5) is 0 Å². The van der Waals surface area contributed by atoms with Gasteiger partial charge in [0, 0.05) is 34.6 Å². The van der Waals surface area contributed by atoms with E-state index in [9.17, 15) is 9.59 Å². The summed E-state index contributed by atoms with van der Waals surface area (Å²) in [6.07, 6.45) is 1.20. The lowest BCUT2D eigenvalue weighted by atomic mass is 9.68. The van der Waals surface area contributed by atoms with Crippen LogP contribution in [0.25, 0.3) is 5.69 Å². The van der Waals surface area contributed by atoms with Crippen molar-refractivity contribution in [2.45, 2.75) is 53.4 Å². The molecule has 6 heteroatoms. The zero-order valence-electron chi connectivity index (χ0n) is 19.0. The van der Waals surface area contributed by atoms with Crippen molar-refractivity contribution >= 4 is 11.8 Å². The van der Waals surface area contributed by atoms with Gasteiger partial charge in [0.15, 0.2) is 5.78 Å². The second-order valence-corrected chi connectivity index (χ2v) is 9.25. The number of hydrogen-bond donors (Lipinski definition) is 1. The number of para-hydroxylation sites is 1. The van der Waals surface area contributed by atoms with Gasteiger partial charge in [-0.25, -0.2) is 9.48 Å². The lowest BCUT2D eigenvalue weighted by Gasteiger charge is -2.39. The smallest absolute Gasteiger partial charge is 0.336 e. The van der Waals surface area contributed by atoms with E-state index in [0.29, 0.717) is 17.6 Å². The van der Waals surface area contributed by atoms with Gasteiger partial charge in [-0.05, 0) is 44.7 Å². The SMILES string of the molecule is COC(=O)C1=C(C)NC2=C(C(=O)CC(C)(C)C2)[C@H]1c1c(C)nn(-c2ccccc2)c1C. The third kappa shape index (κ3) is 3.50. The Kier molecular flexibility index (Phi) is 5.12. The Bertz CT molecular complexity index is 1140. The molecule has 0 fully saturated rings. The highest BCUT2D eigenvalue weighted by Crippen LogP contribution is 2.48. The number of dihydropyridines is 1. The Labute approximate surface area is 183 Å². The topological polar surface area (TPSA) is 73.2 Å². The first-order valence-corrected chi connectivity index (χ1v) is 10.6. The number of nitrogens with zero attached hydrogens (tertiary/aromatic N) is 2. The lowest BCUT2D eigenvalue weighted by Crippen LogP contribution is -2.38. The maximum absolute atomic E-state index is 13.4. The van der Waals surface area contributed by atoms with E-state index < -0.39 is 11.9 Å². The standard InChI is InChI=1S/C25H29N3O3/c1-14-21(24(30)31-6)23(22-18(26-14)12-25(4,5)13-19(22)29)20-15(2)27-28(16(20)3)17-10-8-7-9-11-17/h7-11,23,26H,12-13H2,1-6H3/t23-/m0/s1. The maximum atomic E-state index is 13.4. The summed E-state index contributed by atoms with van der Waals surface area (Å²) in [6, 6.07) is 9.88. The molecule has 0 unspecified atom stereocenters. The summed E-state index contributed by atoms with van der Waals surface area (Å²) in [4.78, 5) is 26.3. The van der Waals surface area contributed by atoms with E-state index in [-0.39, 0.29) is 11.2 Å². The van der Waals surface area contributed by atoms with Gasteiger partial charge in [0.05, 0.1) is 30.0 Å². The summed E-state index contributed by atoms with van der Waals surface area (Å²) >= 11 is 0. The molecule has 0 saturated carbocycles. The quantitative estimate of drug-likeness (QED) is 0.753. The van der Waals surface area contributed by atoms with Crippen LogP contribution in [-0.4, -0.2) is 28.6 Å². The first kappa shape index (κ1) is 21.1. The summed E-state index contributed by atoms with van der Waals surface area (Å²) in [7, 11) is 1.38. The minimum atomic E-state index is -0.496. The Hall–Kier alpha value is -3.15. The van der Waals surface area contributed by atoms with Crippen LogP contribution in [0, 0.1) is 19.3 Å². The number of benzene rings is 1. The summed E-state index contributed by atoms with van der Waals surface area (Å²) in [5.41, 5.74) is 6.20. The number of aromatic nitrogens is 2. The van der Waals surface area contributed by atoms with Crippen LogP contribution in [0.3, 0.4) is 0 Å². The van der Waals surface area contributed by atoms with Crippen LogP contribution < -0.4 is 5.32 Å². The van der Waals surface area contributed by atoms with Crippen LogP contribution in [0.5, 0.6) is 0 Å². The highest BCUT2D eigenvalue weighted by molar-refractivity contribution is 6.04. The monoisotopic (exact) mass is 419 g/mol. The molecule has 1 aromatic carbocycles. The van der Waals surface area contributed by atoms with E-state index in [1.165, 1.54) is 7.11 Å². The number of ketones is 1. The van der Waals surface area contributed by atoms with Crippen molar-refractivity contribution in [1.82, 2.24) is 15.1 Å². The van der Waals surface area contributed by atoms with Crippen LogP contribution in [-0.2, 0) is 14.3 Å². The molecule has 0 spiro atoms. The Morgan fingerprint density at radius 2 is 1.84 bits per heavy atom. The highest BCUT2D eigenvalue weighted by Gasteiger charge is 2.44. The van der Waals surface area contributed by atoms with Crippen molar-refractivity contribution in [3.63, 3.8) is 0 Å². The van der Waals surface area contributed by atoms with Gasteiger partial charge in [0.2, 0.25) is 0 Å². The molecule has 2 aliphatic rings. The molecule has 0 bridgehead atoms. The zero-order valence-corrected chi connectivity index (χ0v) is 19.0. The molecule has 31 heavy (non-hydrogen) atoms. The fourth-order valence-electron chi connectivity index (χ4n) is 5.00. The molecule has 0 saturated heterocycles. The number of rotatable bonds is 3. The minimum absolute atomic E-state index is 0.0731. The van der Waals surface area contributed by atoms with Gasteiger partial charge >= 0.3 is 5.97 Å². The third-order valence-corrected chi connectivity index (χ3v) is 6.28. The molecule has 0 radical (unpaired) electrons. The van der Waals surface area contributed by atoms with Crippen molar-refractivity contribution < 1.29 is 14.3 Å². The Morgan fingerprint density at radius 1 is 1.16 bits per heavy atom. The first-order chi connectivity index (χ1) is 14.6. The molecular formula is C25H29N3O3. The number of hydrogen-bond acceptors (Lipinski definition) is 5. The van der Waals surface area contributed by atoms with Gasteiger partial charge < -0.3 is 10.1 Å². The molecular weight excluding hydrogens is 390 g/mol. The predicted octanol–water partition coefficient (Wildman–Crippen LogP) is 4.27. The number of carbonyl (C=O) groups excluding carboxylic acids is 2. The van der Waals surface area contributed by atoms with E-state index in [2.05, 4.69) is 19.2 Å². The van der Waals surface area contributed by atoms with E-state index in [4.69, 9.17) is 9.84 Å². The van der Waals surface area contributed by atoms with E-state index in [1.807, 2.05) is 55.8 Å². The molecule has 1 atom stereocenters. The first-order valence-electron chi connectivity index (χ1n) is 10.6. The third-order valence-electron chi connectivity index (χ3n) is 6.28. The average molecular weight is 420 g/mol. The van der Waals surface area contributed by atoms with Gasteiger partial charge in [0.1, 0.15) is 0 Å². The van der Waals surface area contributed by atoms with Gasteiger partial charge in [-0.3, -0.25) is 4.79 Å². The van der Waals surface area contributed by atoms with Crippen molar-refractivity contribution in [1.29, 1.82) is 0 Å². The fourth-order valence-corrected chi connectivity index (χ4v) is 5.00. The molecule has 1 aliphatic heterocycles. The van der Waals surface area contributed by atoms with Crippen molar-refractivity contribution in [3.8, 4) is 5.69 Å². The van der Waals surface area contributed by atoms with Gasteiger partial charge in [0.25, 0.3) is 0 Å². The van der Waals surface area contributed by atoms with Gasteiger partial charge in [-0.15, -0.1) is 0 Å². The minimum Gasteiger partial charge on any atom is -0.466 e. The van der Waals surface area contributed by atoms with Crippen LogP contribution in [0.2, 0.25) is 0 Å². The van der Waals surface area contributed by atoms with E-state index >= 15 is 0 Å². The molecule has 1 aliphatic carbocycles. The van der Waals surface area contributed by atoms with Crippen LogP contribution >= 0.6 is 0 Å². The number of methoxy groups -OCH3 is 1. The molecule has 6 nitrogen and oxygen atoms in total. The zero-order chi connectivity index (χ0) is 22.5. The van der Waals surface area contributed by atoms with Crippen molar-refractivity contribution in [3.05, 3.63) is 69.8 Å². The van der Waals surface area contributed by atoms with Crippen molar-refractivity contribution in [2.75, 3.05) is 7.11 Å². The Balaban J connectivity index is 1.96. The largest absolute Gasteiger partial charge is 0.466 e. The molecule has 0 amide bonds. The van der Waals surface area contributed by atoms with Crippen molar-refractivity contribution in [2.24, 2.45) is 5.41 Å². The summed E-state index contributed by atoms with van der Waals surface area (Å²) in [5, 5.41) is 8.14.